The molecule has 2 aliphatic rings. The predicted molar refractivity (Wildman–Crippen MR) is 170 cm³/mol. The summed E-state index contributed by atoms with van der Waals surface area (Å²) in [7, 11) is 0. The van der Waals surface area contributed by atoms with Crippen molar-refractivity contribution in [3.8, 4) is 22.8 Å². The Hall–Kier alpha value is -3.98. The van der Waals surface area contributed by atoms with Crippen molar-refractivity contribution in [3.05, 3.63) is 93.9 Å². The number of ether oxygens (including phenoxy) is 1. The summed E-state index contributed by atoms with van der Waals surface area (Å²) in [6, 6.07) is 18.1. The Balaban J connectivity index is 1.55. The Kier molecular flexibility index (Phi) is 4.50. The van der Waals surface area contributed by atoms with Gasteiger partial charge in [0.05, 0.1) is 5.69 Å². The predicted octanol–water partition coefficient (Wildman–Crippen LogP) is 10.0. The van der Waals surface area contributed by atoms with Crippen molar-refractivity contribution in [2.24, 2.45) is 0 Å². The molecule has 41 heavy (non-hydrogen) atoms. The topological polar surface area (TPSA) is 35.0 Å². The first-order valence-corrected chi connectivity index (χ1v) is 14.8. The molecule has 0 amide bonds. The smallest absolute Gasteiger partial charge is 0.139 e. The number of para-hydroxylation sites is 1. The Morgan fingerprint density at radius 1 is 0.707 bits per heavy atom. The van der Waals surface area contributed by atoms with E-state index in [1.165, 1.54) is 71.3 Å². The summed E-state index contributed by atoms with van der Waals surface area (Å²) in [5.41, 5.74) is 9.51. The molecule has 2 heterocycles. The molecule has 6 aromatic rings. The molecule has 0 spiro atoms. The molecular weight excluding hydrogens is 500 g/mol. The summed E-state index contributed by atoms with van der Waals surface area (Å²) >= 11 is 0. The first-order valence-electron chi connectivity index (χ1n) is 14.8. The highest BCUT2D eigenvalue weighted by atomic mass is 16.5. The Morgan fingerprint density at radius 2 is 1.44 bits per heavy atom. The monoisotopic (exact) mass is 536 g/mol. The number of nitrogens with zero attached hydrogens (tertiary/aromatic N) is 2. The SMILES string of the molecule is Cc1cc2cc3c(c4cc(C)c5c6c(cc1c5c24)C(C)(C)c1cnc(C(C)(C)C)nc1-6)Oc1ccccc1C3(C)C. The summed E-state index contributed by atoms with van der Waals surface area (Å²) in [6.07, 6.45) is 2.09. The molecule has 1 aliphatic heterocycles. The van der Waals surface area contributed by atoms with Crippen molar-refractivity contribution in [3.63, 3.8) is 0 Å². The first kappa shape index (κ1) is 24.8. The van der Waals surface area contributed by atoms with Gasteiger partial charge in [0.15, 0.2) is 0 Å². The summed E-state index contributed by atoms with van der Waals surface area (Å²) in [5.74, 6) is 2.84. The van der Waals surface area contributed by atoms with Crippen LogP contribution in [0.1, 0.15) is 87.7 Å². The zero-order chi connectivity index (χ0) is 28.8. The maximum atomic E-state index is 6.77. The van der Waals surface area contributed by atoms with Crippen LogP contribution in [0, 0.1) is 13.8 Å². The van der Waals surface area contributed by atoms with Crippen molar-refractivity contribution < 1.29 is 4.74 Å². The van der Waals surface area contributed by atoms with Crippen LogP contribution in [0.15, 0.2) is 54.7 Å². The second kappa shape index (κ2) is 7.45. The lowest BCUT2D eigenvalue weighted by atomic mass is 9.73. The van der Waals surface area contributed by atoms with Gasteiger partial charge in [0.1, 0.15) is 17.3 Å². The van der Waals surface area contributed by atoms with Crippen LogP contribution >= 0.6 is 0 Å². The molecule has 0 unspecified atom stereocenters. The average Bonchev–Trinajstić information content (AvgIpc) is 3.14. The summed E-state index contributed by atoms with van der Waals surface area (Å²) in [5, 5.41) is 7.74. The molecular formula is C38H36N2O. The minimum absolute atomic E-state index is 0.128. The number of aromatic nitrogens is 2. The van der Waals surface area contributed by atoms with E-state index >= 15 is 0 Å². The van der Waals surface area contributed by atoms with Gasteiger partial charge in [-0.15, -0.1) is 0 Å². The number of aryl methyl sites for hydroxylation is 2. The largest absolute Gasteiger partial charge is 0.456 e. The molecule has 3 nitrogen and oxygen atoms in total. The lowest BCUT2D eigenvalue weighted by Crippen LogP contribution is -2.24. The van der Waals surface area contributed by atoms with Crippen LogP contribution in [-0.2, 0) is 16.2 Å². The van der Waals surface area contributed by atoms with E-state index in [9.17, 15) is 0 Å². The van der Waals surface area contributed by atoms with Crippen LogP contribution < -0.4 is 4.74 Å². The number of hydrogen-bond donors (Lipinski definition) is 0. The molecule has 0 saturated heterocycles. The summed E-state index contributed by atoms with van der Waals surface area (Å²) in [6.45, 7) is 20.4. The number of benzene rings is 5. The maximum Gasteiger partial charge on any atom is 0.139 e. The molecule has 5 aromatic carbocycles. The molecule has 8 rings (SSSR count). The zero-order valence-electron chi connectivity index (χ0n) is 25.5. The van der Waals surface area contributed by atoms with Crippen LogP contribution in [0.25, 0.3) is 43.6 Å². The second-order valence-corrected chi connectivity index (χ2v) is 14.4. The zero-order valence-corrected chi connectivity index (χ0v) is 25.5. The van der Waals surface area contributed by atoms with Gasteiger partial charge in [-0.05, 0) is 76.3 Å². The quantitative estimate of drug-likeness (QED) is 0.181. The van der Waals surface area contributed by atoms with Gasteiger partial charge >= 0.3 is 0 Å². The van der Waals surface area contributed by atoms with Gasteiger partial charge in [-0.2, -0.15) is 0 Å². The summed E-state index contributed by atoms with van der Waals surface area (Å²) < 4.78 is 6.77. The standard InChI is InChI=1S/C38H36N2O/c1-19-14-21-16-26-34(41-28-13-11-10-12-24(28)37(26,6)7)23-15-20(2)29-31(30(21)23)22(19)17-25-32(29)33-27(38(25,8)9)18-39-35(40-33)36(3,4)5/h10-18H,1-9H3. The number of hydrogen-bond acceptors (Lipinski definition) is 3. The van der Waals surface area contributed by atoms with Crippen molar-refractivity contribution in [1.29, 1.82) is 0 Å². The molecule has 0 bridgehead atoms. The van der Waals surface area contributed by atoms with Gasteiger partial charge in [-0.25, -0.2) is 9.97 Å². The maximum absolute atomic E-state index is 6.77. The third-order valence-corrected chi connectivity index (χ3v) is 9.97. The fourth-order valence-corrected chi connectivity index (χ4v) is 7.66. The summed E-state index contributed by atoms with van der Waals surface area (Å²) in [4.78, 5) is 10.1. The molecule has 1 aromatic heterocycles. The van der Waals surface area contributed by atoms with Gasteiger partial charge in [0.25, 0.3) is 0 Å². The van der Waals surface area contributed by atoms with Gasteiger partial charge in [0.2, 0.25) is 0 Å². The van der Waals surface area contributed by atoms with Gasteiger partial charge in [-0.3, -0.25) is 0 Å². The van der Waals surface area contributed by atoms with Crippen molar-refractivity contribution in [1.82, 2.24) is 9.97 Å². The van der Waals surface area contributed by atoms with Gasteiger partial charge < -0.3 is 4.74 Å². The highest BCUT2D eigenvalue weighted by Gasteiger charge is 2.41. The Labute approximate surface area is 241 Å². The van der Waals surface area contributed by atoms with E-state index in [0.29, 0.717) is 0 Å². The lowest BCUT2D eigenvalue weighted by molar-refractivity contribution is 0.423. The minimum Gasteiger partial charge on any atom is -0.456 e. The Bertz CT molecular complexity index is 2120. The van der Waals surface area contributed by atoms with E-state index in [2.05, 4.69) is 117 Å². The van der Waals surface area contributed by atoms with Crippen molar-refractivity contribution in [2.45, 2.75) is 78.6 Å². The average molecular weight is 537 g/mol. The number of fused-ring (bicyclic) bond motifs is 7. The Morgan fingerprint density at radius 3 is 2.20 bits per heavy atom. The first-order chi connectivity index (χ1) is 19.3. The lowest BCUT2D eigenvalue weighted by Gasteiger charge is -2.36. The molecule has 0 saturated carbocycles. The molecule has 204 valence electrons. The van der Waals surface area contributed by atoms with Crippen LogP contribution in [0.5, 0.6) is 11.5 Å². The minimum atomic E-state index is -0.180. The normalized spacial score (nSPS) is 16.5. The van der Waals surface area contributed by atoms with E-state index < -0.39 is 0 Å². The van der Waals surface area contributed by atoms with Crippen LogP contribution in [0.4, 0.5) is 0 Å². The second-order valence-electron chi connectivity index (χ2n) is 14.4. The van der Waals surface area contributed by atoms with Crippen molar-refractivity contribution >= 4 is 32.3 Å². The van der Waals surface area contributed by atoms with E-state index in [-0.39, 0.29) is 16.2 Å². The molecule has 3 heteroatoms. The van der Waals surface area contributed by atoms with E-state index in [1.807, 2.05) is 0 Å². The van der Waals surface area contributed by atoms with Crippen LogP contribution in [0.3, 0.4) is 0 Å². The van der Waals surface area contributed by atoms with E-state index in [1.54, 1.807) is 0 Å². The fraction of sp³-hybridized carbons (Fsp3) is 0.316. The number of rotatable bonds is 0. The third kappa shape index (κ3) is 2.99. The van der Waals surface area contributed by atoms with E-state index in [0.717, 1.165) is 23.0 Å². The highest BCUT2D eigenvalue weighted by molar-refractivity contribution is 6.29. The highest BCUT2D eigenvalue weighted by Crippen LogP contribution is 2.57. The fourth-order valence-electron chi connectivity index (χ4n) is 7.66. The molecule has 0 radical (unpaired) electrons. The molecule has 0 N–H and O–H groups in total. The van der Waals surface area contributed by atoms with E-state index in [4.69, 9.17) is 14.7 Å². The molecule has 1 aliphatic carbocycles. The van der Waals surface area contributed by atoms with Crippen LogP contribution in [-0.4, -0.2) is 9.97 Å². The van der Waals surface area contributed by atoms with Gasteiger partial charge in [0, 0.05) is 55.5 Å². The van der Waals surface area contributed by atoms with Gasteiger partial charge in [-0.1, -0.05) is 72.7 Å². The van der Waals surface area contributed by atoms with Crippen LogP contribution in [0.2, 0.25) is 0 Å². The molecule has 0 atom stereocenters. The van der Waals surface area contributed by atoms with Crippen molar-refractivity contribution in [2.75, 3.05) is 0 Å². The molecule has 0 fully saturated rings. The third-order valence-electron chi connectivity index (χ3n) is 9.97.